The molecule has 1 aromatic rings. The van der Waals surface area contributed by atoms with Gasteiger partial charge in [-0.1, -0.05) is 11.8 Å². The summed E-state index contributed by atoms with van der Waals surface area (Å²) in [7, 11) is 1.70. The maximum atomic E-state index is 11.9. The molecule has 0 bridgehead atoms. The van der Waals surface area contributed by atoms with Crippen molar-refractivity contribution in [3.63, 3.8) is 0 Å². The zero-order valence-electron chi connectivity index (χ0n) is 10.3. The molecule has 1 unspecified atom stereocenters. The van der Waals surface area contributed by atoms with Gasteiger partial charge in [0.05, 0.1) is 0 Å². The third kappa shape index (κ3) is 2.63. The lowest BCUT2D eigenvalue weighted by Gasteiger charge is -2.14. The van der Waals surface area contributed by atoms with E-state index in [2.05, 4.69) is 10.1 Å². The van der Waals surface area contributed by atoms with Crippen LogP contribution < -0.4 is 10.6 Å². The molecule has 7 nitrogen and oxygen atoms in total. The molecule has 1 amide bonds. The average molecular weight is 269 g/mol. The molecule has 1 atom stereocenters. The fraction of sp³-hybridized carbons (Fsp3) is 0.600. The Bertz CT molecular complexity index is 487. The molecular weight excluding hydrogens is 254 g/mol. The summed E-state index contributed by atoms with van der Waals surface area (Å²) >= 11 is 1.25. The highest BCUT2D eigenvalue weighted by Gasteiger charge is 2.33. The number of hydrogen-bond donors (Lipinski definition) is 1. The topological polar surface area (TPSA) is 94.1 Å². The van der Waals surface area contributed by atoms with Crippen molar-refractivity contribution < 1.29 is 9.59 Å². The minimum Gasteiger partial charge on any atom is -0.366 e. The number of aryl methyl sites for hydroxylation is 1. The van der Waals surface area contributed by atoms with Crippen LogP contribution in [0.1, 0.15) is 13.3 Å². The first kappa shape index (κ1) is 12.9. The van der Waals surface area contributed by atoms with E-state index >= 15 is 0 Å². The van der Waals surface area contributed by atoms with E-state index in [-0.39, 0.29) is 22.9 Å². The Balaban J connectivity index is 2.05. The smallest absolute Gasteiger partial charge is 0.241 e. The van der Waals surface area contributed by atoms with E-state index in [1.807, 2.05) is 0 Å². The van der Waals surface area contributed by atoms with Gasteiger partial charge < -0.3 is 5.73 Å². The number of hydrogen-bond acceptors (Lipinski definition) is 6. The third-order valence-electron chi connectivity index (χ3n) is 2.73. The molecule has 18 heavy (non-hydrogen) atoms. The predicted molar refractivity (Wildman–Crippen MR) is 69.0 cm³/mol. The van der Waals surface area contributed by atoms with Crippen molar-refractivity contribution in [1.29, 1.82) is 0 Å². The first-order valence-corrected chi connectivity index (χ1v) is 6.56. The highest BCUT2D eigenvalue weighted by Crippen LogP contribution is 2.26. The second-order valence-corrected chi connectivity index (χ2v) is 5.47. The van der Waals surface area contributed by atoms with E-state index in [4.69, 9.17) is 5.73 Å². The fourth-order valence-corrected chi connectivity index (χ4v) is 2.65. The number of nitrogen functional groups attached to an aromatic ring is 1. The fourth-order valence-electron chi connectivity index (χ4n) is 1.95. The Hall–Kier alpha value is -1.57. The van der Waals surface area contributed by atoms with Crippen LogP contribution in [0, 0.1) is 5.92 Å². The van der Waals surface area contributed by atoms with Crippen molar-refractivity contribution >= 4 is 34.7 Å². The number of carbonyl (C=O) groups excluding carboxylic acids is 2. The lowest BCUT2D eigenvalue weighted by atomic mass is 10.1. The van der Waals surface area contributed by atoms with Crippen molar-refractivity contribution in [2.75, 3.05) is 22.9 Å². The highest BCUT2D eigenvalue weighted by atomic mass is 32.2. The molecule has 0 spiro atoms. The Kier molecular flexibility index (Phi) is 3.55. The zero-order valence-corrected chi connectivity index (χ0v) is 11.1. The maximum absolute atomic E-state index is 11.9. The molecule has 1 saturated heterocycles. The Labute approximate surface area is 109 Å². The first-order chi connectivity index (χ1) is 8.47. The first-order valence-electron chi connectivity index (χ1n) is 5.57. The van der Waals surface area contributed by atoms with Crippen LogP contribution in [0.4, 0.5) is 11.9 Å². The lowest BCUT2D eigenvalue weighted by molar-refractivity contribution is -0.117. The highest BCUT2D eigenvalue weighted by molar-refractivity contribution is 8.13. The molecular formula is C10H15N5O2S. The number of thioether (sulfide) groups is 1. The summed E-state index contributed by atoms with van der Waals surface area (Å²) in [6, 6.07) is 0. The van der Waals surface area contributed by atoms with Gasteiger partial charge in [0, 0.05) is 32.7 Å². The van der Waals surface area contributed by atoms with Crippen molar-refractivity contribution in [1.82, 2.24) is 14.8 Å². The van der Waals surface area contributed by atoms with Crippen LogP contribution in [0.15, 0.2) is 0 Å². The van der Waals surface area contributed by atoms with E-state index in [0.29, 0.717) is 24.7 Å². The minimum absolute atomic E-state index is 0.000322. The summed E-state index contributed by atoms with van der Waals surface area (Å²) in [6.45, 7) is 2.09. The number of rotatable bonds is 3. The molecule has 1 fully saturated rings. The van der Waals surface area contributed by atoms with E-state index < -0.39 is 0 Å². The van der Waals surface area contributed by atoms with Crippen LogP contribution in [0.3, 0.4) is 0 Å². The number of anilines is 2. The summed E-state index contributed by atoms with van der Waals surface area (Å²) in [4.78, 5) is 28.4. The standard InChI is InChI=1S/C10H15N5O2S/c1-6(16)18-5-7-3-8(17)15(4-7)10-12-9(11)13-14(10)2/h7H,3-5H2,1-2H3,(H2,11,13). The maximum Gasteiger partial charge on any atom is 0.241 e. The van der Waals surface area contributed by atoms with Crippen molar-refractivity contribution in [3.8, 4) is 0 Å². The van der Waals surface area contributed by atoms with Gasteiger partial charge in [-0.05, 0) is 5.92 Å². The summed E-state index contributed by atoms with van der Waals surface area (Å²) in [5, 5.41) is 3.99. The second-order valence-electron chi connectivity index (χ2n) is 4.27. The Morgan fingerprint density at radius 2 is 2.33 bits per heavy atom. The quantitative estimate of drug-likeness (QED) is 0.832. The van der Waals surface area contributed by atoms with E-state index in [9.17, 15) is 9.59 Å². The number of nitrogens with two attached hydrogens (primary N) is 1. The summed E-state index contributed by atoms with van der Waals surface area (Å²) in [6.07, 6.45) is 0.438. The summed E-state index contributed by atoms with van der Waals surface area (Å²) < 4.78 is 1.49. The SMILES string of the molecule is CC(=O)SCC1CC(=O)N(c2nc(N)nn2C)C1. The van der Waals surface area contributed by atoms with Gasteiger partial charge in [0.15, 0.2) is 5.12 Å². The average Bonchev–Trinajstić information content (AvgIpc) is 2.79. The summed E-state index contributed by atoms with van der Waals surface area (Å²) in [5.74, 6) is 1.45. The predicted octanol–water partition coefficient (Wildman–Crippen LogP) is 0.0299. The number of aromatic nitrogens is 3. The zero-order chi connectivity index (χ0) is 13.3. The molecule has 0 aliphatic carbocycles. The van der Waals surface area contributed by atoms with Gasteiger partial charge in [-0.25, -0.2) is 4.68 Å². The summed E-state index contributed by atoms with van der Waals surface area (Å²) in [5.41, 5.74) is 5.50. The molecule has 1 aromatic heterocycles. The molecule has 0 aromatic carbocycles. The van der Waals surface area contributed by atoms with Gasteiger partial charge in [-0.2, -0.15) is 4.98 Å². The van der Waals surface area contributed by atoms with Gasteiger partial charge in [-0.3, -0.25) is 14.5 Å². The van der Waals surface area contributed by atoms with Crippen LogP contribution in [0.5, 0.6) is 0 Å². The third-order valence-corrected chi connectivity index (χ3v) is 3.77. The molecule has 2 N–H and O–H groups in total. The van der Waals surface area contributed by atoms with Gasteiger partial charge in [-0.15, -0.1) is 5.10 Å². The molecule has 2 rings (SSSR count). The van der Waals surface area contributed by atoms with Gasteiger partial charge in [0.2, 0.25) is 17.8 Å². The molecule has 1 aliphatic heterocycles. The number of amides is 1. The van der Waals surface area contributed by atoms with Crippen molar-refractivity contribution in [3.05, 3.63) is 0 Å². The lowest BCUT2D eigenvalue weighted by Crippen LogP contribution is -2.27. The van der Waals surface area contributed by atoms with E-state index in [0.717, 1.165) is 0 Å². The largest absolute Gasteiger partial charge is 0.366 e. The van der Waals surface area contributed by atoms with Crippen molar-refractivity contribution in [2.24, 2.45) is 13.0 Å². The van der Waals surface area contributed by atoms with E-state index in [1.165, 1.54) is 23.4 Å². The van der Waals surface area contributed by atoms with Gasteiger partial charge in [0.1, 0.15) is 0 Å². The Morgan fingerprint density at radius 3 is 2.89 bits per heavy atom. The van der Waals surface area contributed by atoms with E-state index in [1.54, 1.807) is 11.9 Å². The molecule has 8 heteroatoms. The minimum atomic E-state index is -0.000322. The monoisotopic (exact) mass is 269 g/mol. The molecule has 1 aliphatic rings. The molecule has 0 saturated carbocycles. The van der Waals surface area contributed by atoms with Gasteiger partial charge >= 0.3 is 0 Å². The van der Waals surface area contributed by atoms with Crippen LogP contribution in [0.2, 0.25) is 0 Å². The van der Waals surface area contributed by atoms with Crippen LogP contribution in [-0.4, -0.2) is 38.1 Å². The number of carbonyl (C=O) groups is 2. The van der Waals surface area contributed by atoms with Crippen LogP contribution in [-0.2, 0) is 16.6 Å². The van der Waals surface area contributed by atoms with Crippen LogP contribution >= 0.6 is 11.8 Å². The van der Waals surface area contributed by atoms with Crippen molar-refractivity contribution in [2.45, 2.75) is 13.3 Å². The molecule has 98 valence electrons. The Morgan fingerprint density at radius 1 is 1.61 bits per heavy atom. The second kappa shape index (κ2) is 4.97. The normalized spacial score (nSPS) is 19.6. The number of nitrogens with zero attached hydrogens (tertiary/aromatic N) is 4. The molecule has 0 radical (unpaired) electrons. The van der Waals surface area contributed by atoms with Gasteiger partial charge in [0.25, 0.3) is 0 Å². The molecule has 2 heterocycles. The van der Waals surface area contributed by atoms with Crippen LogP contribution in [0.25, 0.3) is 0 Å².